The number of rotatable bonds is 9. The highest BCUT2D eigenvalue weighted by atomic mass is 16.5. The third-order valence-corrected chi connectivity index (χ3v) is 4.05. The molecule has 0 spiro atoms. The van der Waals surface area contributed by atoms with E-state index in [1.165, 1.54) is 0 Å². The number of para-hydroxylation sites is 2. The van der Waals surface area contributed by atoms with E-state index in [1.807, 2.05) is 62.4 Å². The van der Waals surface area contributed by atoms with Gasteiger partial charge in [0.2, 0.25) is 11.8 Å². The molecule has 0 saturated carbocycles. The first-order valence-electron chi connectivity index (χ1n) is 9.43. The molecule has 6 nitrogen and oxygen atoms in total. The number of hydrogen-bond acceptors (Lipinski definition) is 4. The predicted octanol–water partition coefficient (Wildman–Crippen LogP) is 3.55. The zero-order chi connectivity index (χ0) is 20.5. The number of nitrogens with one attached hydrogen (secondary N) is 2. The lowest BCUT2D eigenvalue weighted by atomic mass is 10.1. The highest BCUT2D eigenvalue weighted by molar-refractivity contribution is 5.94. The quantitative estimate of drug-likeness (QED) is 0.695. The Labute approximate surface area is 166 Å². The number of benzene rings is 2. The number of amides is 2. The molecular weight excluding hydrogens is 354 g/mol. The van der Waals surface area contributed by atoms with E-state index in [-0.39, 0.29) is 24.5 Å². The standard InChI is InChI=1S/C22H29N3O3/c1-16(2)28-20-8-6-5-7-19(20)23-15-21(26)24-18-12-9-17(10-13-18)11-14-22(27)25(3)4/h5-10,12-13,16,23H,11,14-15H2,1-4H3,(H,24,26). The van der Waals surface area contributed by atoms with Crippen LogP contribution in [0.5, 0.6) is 5.75 Å². The van der Waals surface area contributed by atoms with Crippen molar-refractivity contribution in [3.63, 3.8) is 0 Å². The van der Waals surface area contributed by atoms with Gasteiger partial charge in [-0.15, -0.1) is 0 Å². The van der Waals surface area contributed by atoms with Gasteiger partial charge < -0.3 is 20.3 Å². The van der Waals surface area contributed by atoms with Gasteiger partial charge in [-0.05, 0) is 50.1 Å². The number of aryl methyl sites for hydroxylation is 1. The second-order valence-corrected chi connectivity index (χ2v) is 7.05. The van der Waals surface area contributed by atoms with E-state index < -0.39 is 0 Å². The summed E-state index contributed by atoms with van der Waals surface area (Å²) in [4.78, 5) is 25.5. The second kappa shape index (κ2) is 10.3. The summed E-state index contributed by atoms with van der Waals surface area (Å²) >= 11 is 0. The molecule has 150 valence electrons. The molecule has 0 heterocycles. The molecule has 0 aromatic heterocycles. The number of hydrogen-bond donors (Lipinski definition) is 2. The number of nitrogens with zero attached hydrogens (tertiary/aromatic N) is 1. The van der Waals surface area contributed by atoms with Crippen LogP contribution in [0.4, 0.5) is 11.4 Å². The van der Waals surface area contributed by atoms with E-state index in [4.69, 9.17) is 4.74 Å². The third-order valence-electron chi connectivity index (χ3n) is 4.05. The van der Waals surface area contributed by atoms with Crippen molar-refractivity contribution in [2.75, 3.05) is 31.3 Å². The summed E-state index contributed by atoms with van der Waals surface area (Å²) < 4.78 is 5.74. The summed E-state index contributed by atoms with van der Waals surface area (Å²) in [5, 5.41) is 5.98. The molecule has 28 heavy (non-hydrogen) atoms. The number of anilines is 2. The van der Waals surface area contributed by atoms with E-state index in [2.05, 4.69) is 10.6 Å². The maximum Gasteiger partial charge on any atom is 0.243 e. The average Bonchev–Trinajstić information content (AvgIpc) is 2.66. The second-order valence-electron chi connectivity index (χ2n) is 7.05. The van der Waals surface area contributed by atoms with Crippen LogP contribution in [0.3, 0.4) is 0 Å². The van der Waals surface area contributed by atoms with Gasteiger partial charge in [0, 0.05) is 26.2 Å². The van der Waals surface area contributed by atoms with Crippen LogP contribution in [-0.4, -0.2) is 43.5 Å². The zero-order valence-electron chi connectivity index (χ0n) is 17.0. The summed E-state index contributed by atoms with van der Waals surface area (Å²) in [7, 11) is 3.50. The van der Waals surface area contributed by atoms with E-state index in [0.29, 0.717) is 12.8 Å². The first-order chi connectivity index (χ1) is 13.3. The first kappa shape index (κ1) is 21.3. The number of ether oxygens (including phenoxy) is 1. The minimum Gasteiger partial charge on any atom is -0.489 e. The molecular formula is C22H29N3O3. The van der Waals surface area contributed by atoms with Crippen LogP contribution in [0, 0.1) is 0 Å². The molecule has 0 aliphatic heterocycles. The van der Waals surface area contributed by atoms with Crippen molar-refractivity contribution in [1.82, 2.24) is 4.90 Å². The first-order valence-corrected chi connectivity index (χ1v) is 9.43. The lowest BCUT2D eigenvalue weighted by molar-refractivity contribution is -0.128. The van der Waals surface area contributed by atoms with Crippen molar-refractivity contribution in [2.45, 2.75) is 32.8 Å². The van der Waals surface area contributed by atoms with E-state index in [1.54, 1.807) is 19.0 Å². The smallest absolute Gasteiger partial charge is 0.243 e. The Morgan fingerprint density at radius 3 is 2.36 bits per heavy atom. The topological polar surface area (TPSA) is 70.7 Å². The fraction of sp³-hybridized carbons (Fsp3) is 0.364. The van der Waals surface area contributed by atoms with Crippen LogP contribution in [0.25, 0.3) is 0 Å². The molecule has 2 N–H and O–H groups in total. The minimum absolute atomic E-state index is 0.0586. The summed E-state index contributed by atoms with van der Waals surface area (Å²) in [6.45, 7) is 4.06. The molecule has 0 unspecified atom stereocenters. The number of carbonyl (C=O) groups is 2. The molecule has 2 aromatic rings. The normalized spacial score (nSPS) is 10.5. The highest BCUT2D eigenvalue weighted by Crippen LogP contribution is 2.24. The van der Waals surface area contributed by atoms with Gasteiger partial charge in [-0.2, -0.15) is 0 Å². The summed E-state index contributed by atoms with van der Waals surface area (Å²) in [5.74, 6) is 0.682. The third kappa shape index (κ3) is 6.95. The molecule has 2 aromatic carbocycles. The van der Waals surface area contributed by atoms with Crippen molar-refractivity contribution in [3.8, 4) is 5.75 Å². The minimum atomic E-state index is -0.144. The summed E-state index contributed by atoms with van der Waals surface area (Å²) in [6.07, 6.45) is 1.21. The van der Waals surface area contributed by atoms with Crippen molar-refractivity contribution >= 4 is 23.2 Å². The van der Waals surface area contributed by atoms with Crippen LogP contribution in [0.2, 0.25) is 0 Å². The van der Waals surface area contributed by atoms with Crippen LogP contribution in [0.1, 0.15) is 25.8 Å². The molecule has 6 heteroatoms. The van der Waals surface area contributed by atoms with Gasteiger partial charge in [-0.25, -0.2) is 0 Å². The monoisotopic (exact) mass is 383 g/mol. The van der Waals surface area contributed by atoms with Crippen molar-refractivity contribution in [2.24, 2.45) is 0 Å². The highest BCUT2D eigenvalue weighted by Gasteiger charge is 2.08. The zero-order valence-corrected chi connectivity index (χ0v) is 17.0. The molecule has 0 aliphatic carbocycles. The predicted molar refractivity (Wildman–Crippen MR) is 113 cm³/mol. The van der Waals surface area contributed by atoms with Crippen LogP contribution in [0.15, 0.2) is 48.5 Å². The summed E-state index contributed by atoms with van der Waals surface area (Å²) in [5.41, 5.74) is 2.57. The van der Waals surface area contributed by atoms with Crippen molar-refractivity contribution in [3.05, 3.63) is 54.1 Å². The van der Waals surface area contributed by atoms with Gasteiger partial charge in [0.15, 0.2) is 0 Å². The Balaban J connectivity index is 1.84. The van der Waals surface area contributed by atoms with Crippen molar-refractivity contribution < 1.29 is 14.3 Å². The van der Waals surface area contributed by atoms with Gasteiger partial charge >= 0.3 is 0 Å². The Kier molecular flexibility index (Phi) is 7.87. The summed E-state index contributed by atoms with van der Waals surface area (Å²) in [6, 6.07) is 15.1. The molecule has 0 fully saturated rings. The fourth-order valence-electron chi connectivity index (χ4n) is 2.58. The van der Waals surface area contributed by atoms with Crippen LogP contribution in [-0.2, 0) is 16.0 Å². The van der Waals surface area contributed by atoms with Crippen LogP contribution >= 0.6 is 0 Å². The lowest BCUT2D eigenvalue weighted by Gasteiger charge is -2.15. The Morgan fingerprint density at radius 1 is 1.04 bits per heavy atom. The molecule has 0 aliphatic rings. The lowest BCUT2D eigenvalue weighted by Crippen LogP contribution is -2.22. The van der Waals surface area contributed by atoms with E-state index in [9.17, 15) is 9.59 Å². The Bertz CT molecular complexity index is 786. The SMILES string of the molecule is CC(C)Oc1ccccc1NCC(=O)Nc1ccc(CCC(=O)N(C)C)cc1. The fourth-order valence-corrected chi connectivity index (χ4v) is 2.58. The number of carbonyl (C=O) groups excluding carboxylic acids is 2. The molecule has 0 atom stereocenters. The van der Waals surface area contributed by atoms with Gasteiger partial charge in [0.25, 0.3) is 0 Å². The molecule has 2 amide bonds. The van der Waals surface area contributed by atoms with E-state index in [0.717, 1.165) is 22.7 Å². The average molecular weight is 383 g/mol. The molecule has 0 saturated heterocycles. The van der Waals surface area contributed by atoms with Gasteiger partial charge in [0.05, 0.1) is 18.3 Å². The Hall–Kier alpha value is -3.02. The van der Waals surface area contributed by atoms with E-state index >= 15 is 0 Å². The molecule has 0 radical (unpaired) electrons. The maximum atomic E-state index is 12.2. The maximum absolute atomic E-state index is 12.2. The van der Waals surface area contributed by atoms with Gasteiger partial charge in [-0.1, -0.05) is 24.3 Å². The van der Waals surface area contributed by atoms with Crippen molar-refractivity contribution in [1.29, 1.82) is 0 Å². The van der Waals surface area contributed by atoms with Gasteiger partial charge in [-0.3, -0.25) is 9.59 Å². The Morgan fingerprint density at radius 2 is 1.71 bits per heavy atom. The molecule has 2 rings (SSSR count). The largest absolute Gasteiger partial charge is 0.489 e. The molecule has 0 bridgehead atoms. The van der Waals surface area contributed by atoms with Crippen LogP contribution < -0.4 is 15.4 Å². The van der Waals surface area contributed by atoms with Gasteiger partial charge in [0.1, 0.15) is 5.75 Å².